The topological polar surface area (TPSA) is 99.8 Å². The van der Waals surface area contributed by atoms with E-state index >= 15 is 0 Å². The minimum absolute atomic E-state index is 0.127. The molecule has 0 aliphatic carbocycles. The molecule has 0 saturated carbocycles. The summed E-state index contributed by atoms with van der Waals surface area (Å²) in [7, 11) is 0. The number of aryl methyl sites for hydroxylation is 4. The molecule has 0 saturated heterocycles. The molecule has 1 N–H and O–H groups in total. The molecular formula is C26H25N7O2. The van der Waals surface area contributed by atoms with Crippen molar-refractivity contribution in [2.24, 2.45) is 0 Å². The quantitative estimate of drug-likeness (QED) is 0.401. The van der Waals surface area contributed by atoms with Crippen molar-refractivity contribution in [2.75, 3.05) is 11.9 Å². The number of aromatic nitrogens is 6. The summed E-state index contributed by atoms with van der Waals surface area (Å²) in [6, 6.07) is 15.5. The summed E-state index contributed by atoms with van der Waals surface area (Å²) in [5.74, 6) is 1.35. The van der Waals surface area contributed by atoms with Gasteiger partial charge < -0.3 is 10.1 Å². The molecule has 3 aromatic heterocycles. The molecule has 176 valence electrons. The number of ether oxygens (including phenoxy) is 1. The van der Waals surface area contributed by atoms with Crippen LogP contribution in [0.3, 0.4) is 0 Å². The fourth-order valence-corrected chi connectivity index (χ4v) is 4.00. The van der Waals surface area contributed by atoms with Gasteiger partial charge in [0.1, 0.15) is 17.9 Å². The zero-order chi connectivity index (χ0) is 24.5. The van der Waals surface area contributed by atoms with Crippen molar-refractivity contribution in [1.82, 2.24) is 29.5 Å². The van der Waals surface area contributed by atoms with Crippen LogP contribution >= 0.6 is 0 Å². The van der Waals surface area contributed by atoms with Crippen LogP contribution in [-0.2, 0) is 4.79 Å². The Balaban J connectivity index is 1.45. The Hall–Kier alpha value is -4.53. The predicted molar refractivity (Wildman–Crippen MR) is 133 cm³/mol. The Morgan fingerprint density at radius 3 is 2.60 bits per heavy atom. The summed E-state index contributed by atoms with van der Waals surface area (Å²) < 4.78 is 9.02. The van der Waals surface area contributed by atoms with Crippen LogP contribution in [0, 0.1) is 27.7 Å². The highest BCUT2D eigenvalue weighted by atomic mass is 16.5. The average molecular weight is 468 g/mol. The smallest absolute Gasteiger partial charge is 0.263 e. The number of amides is 1. The lowest BCUT2D eigenvalue weighted by Gasteiger charge is -2.11. The second-order valence-electron chi connectivity index (χ2n) is 8.52. The number of hydrogen-bond donors (Lipinski definition) is 1. The van der Waals surface area contributed by atoms with Gasteiger partial charge in [-0.3, -0.25) is 4.79 Å². The largest absolute Gasteiger partial charge is 0.484 e. The van der Waals surface area contributed by atoms with E-state index in [1.165, 1.54) is 11.9 Å². The summed E-state index contributed by atoms with van der Waals surface area (Å²) >= 11 is 0. The number of anilines is 1. The van der Waals surface area contributed by atoms with E-state index in [2.05, 4.69) is 38.5 Å². The number of benzene rings is 2. The van der Waals surface area contributed by atoms with Gasteiger partial charge in [-0.1, -0.05) is 29.8 Å². The van der Waals surface area contributed by atoms with Crippen molar-refractivity contribution in [3.63, 3.8) is 0 Å². The molecule has 0 atom stereocenters. The molecule has 0 fully saturated rings. The van der Waals surface area contributed by atoms with Crippen molar-refractivity contribution < 1.29 is 9.53 Å². The van der Waals surface area contributed by atoms with E-state index in [0.717, 1.165) is 22.5 Å². The van der Waals surface area contributed by atoms with Crippen molar-refractivity contribution in [3.05, 3.63) is 83.4 Å². The highest BCUT2D eigenvalue weighted by molar-refractivity contribution is 5.92. The molecule has 2 aromatic carbocycles. The molecule has 9 nitrogen and oxygen atoms in total. The molecule has 0 unspecified atom stereocenters. The van der Waals surface area contributed by atoms with Crippen LogP contribution < -0.4 is 10.1 Å². The number of carbonyl (C=O) groups excluding carboxylic acids is 1. The minimum Gasteiger partial charge on any atom is -0.484 e. The summed E-state index contributed by atoms with van der Waals surface area (Å²) in [5, 5.41) is 12.7. The lowest BCUT2D eigenvalue weighted by Crippen LogP contribution is -2.22. The Morgan fingerprint density at radius 2 is 1.80 bits per heavy atom. The van der Waals surface area contributed by atoms with Gasteiger partial charge >= 0.3 is 0 Å². The minimum atomic E-state index is -0.302. The molecule has 0 spiro atoms. The SMILES string of the molecule is Cc1cccc(OCC(=O)Nc2cc(C)nn2-c2ncnc3c2cnn3-c2ccc(C)cc2C)c1. The maximum Gasteiger partial charge on any atom is 0.263 e. The lowest BCUT2D eigenvalue weighted by atomic mass is 10.1. The first-order valence-electron chi connectivity index (χ1n) is 11.2. The third-order valence-electron chi connectivity index (χ3n) is 5.58. The normalized spacial score (nSPS) is 11.1. The van der Waals surface area contributed by atoms with Gasteiger partial charge in [-0.05, 0) is 57.0 Å². The van der Waals surface area contributed by atoms with Gasteiger partial charge in [-0.2, -0.15) is 14.9 Å². The fraction of sp³-hybridized carbons (Fsp3) is 0.192. The molecular weight excluding hydrogens is 442 g/mol. The van der Waals surface area contributed by atoms with Crippen molar-refractivity contribution in [2.45, 2.75) is 27.7 Å². The second kappa shape index (κ2) is 9.02. The number of hydrogen-bond acceptors (Lipinski definition) is 6. The van der Waals surface area contributed by atoms with Crippen LogP contribution in [-0.4, -0.2) is 42.0 Å². The first kappa shape index (κ1) is 22.3. The molecule has 0 bridgehead atoms. The zero-order valence-corrected chi connectivity index (χ0v) is 20.0. The third kappa shape index (κ3) is 4.48. The molecule has 5 rings (SSSR count). The van der Waals surface area contributed by atoms with Gasteiger partial charge in [-0.25, -0.2) is 14.6 Å². The molecule has 0 radical (unpaired) electrons. The van der Waals surface area contributed by atoms with Gasteiger partial charge in [0.25, 0.3) is 5.91 Å². The first-order chi connectivity index (χ1) is 16.9. The molecule has 0 aliphatic rings. The van der Waals surface area contributed by atoms with Crippen LogP contribution in [0.1, 0.15) is 22.4 Å². The maximum atomic E-state index is 12.7. The molecule has 5 aromatic rings. The van der Waals surface area contributed by atoms with Crippen LogP contribution in [0.15, 0.2) is 61.1 Å². The molecule has 0 aliphatic heterocycles. The number of nitrogens with one attached hydrogen (secondary N) is 1. The maximum absolute atomic E-state index is 12.7. The van der Waals surface area contributed by atoms with E-state index in [1.54, 1.807) is 21.6 Å². The highest BCUT2D eigenvalue weighted by Gasteiger charge is 2.18. The Morgan fingerprint density at radius 1 is 0.971 bits per heavy atom. The Labute approximate surface area is 202 Å². The third-order valence-corrected chi connectivity index (χ3v) is 5.58. The summed E-state index contributed by atoms with van der Waals surface area (Å²) in [5.41, 5.74) is 5.64. The van der Waals surface area contributed by atoms with Gasteiger partial charge in [0.2, 0.25) is 0 Å². The lowest BCUT2D eigenvalue weighted by molar-refractivity contribution is -0.118. The van der Waals surface area contributed by atoms with Gasteiger partial charge in [-0.15, -0.1) is 0 Å². The standard InChI is InChI=1S/C26H25N7O2/c1-16-6-5-7-20(11-16)35-14-24(34)30-23-12-19(4)31-33(23)26-21-13-29-32(25(21)27-15-28-26)22-9-8-17(2)10-18(22)3/h5-13,15H,14H2,1-4H3,(H,30,34). The number of rotatable bonds is 6. The second-order valence-corrected chi connectivity index (χ2v) is 8.52. The summed E-state index contributed by atoms with van der Waals surface area (Å²) in [6.07, 6.45) is 3.19. The van der Waals surface area contributed by atoms with E-state index < -0.39 is 0 Å². The molecule has 1 amide bonds. The monoisotopic (exact) mass is 467 g/mol. The number of nitrogens with zero attached hydrogens (tertiary/aromatic N) is 6. The van der Waals surface area contributed by atoms with Crippen LogP contribution in [0.2, 0.25) is 0 Å². The predicted octanol–water partition coefficient (Wildman–Crippen LogP) is 4.25. The van der Waals surface area contributed by atoms with Crippen molar-refractivity contribution >= 4 is 22.8 Å². The van der Waals surface area contributed by atoms with E-state index in [-0.39, 0.29) is 12.5 Å². The van der Waals surface area contributed by atoms with E-state index in [9.17, 15) is 4.79 Å². The van der Waals surface area contributed by atoms with E-state index in [4.69, 9.17) is 4.74 Å². The van der Waals surface area contributed by atoms with Gasteiger partial charge in [0.05, 0.1) is 23.0 Å². The number of fused-ring (bicyclic) bond motifs is 1. The van der Waals surface area contributed by atoms with Gasteiger partial charge in [0.15, 0.2) is 18.1 Å². The summed E-state index contributed by atoms with van der Waals surface area (Å²) in [4.78, 5) is 21.6. The molecule has 3 heterocycles. The van der Waals surface area contributed by atoms with Gasteiger partial charge in [0, 0.05) is 6.07 Å². The molecule has 35 heavy (non-hydrogen) atoms. The van der Waals surface area contributed by atoms with Crippen LogP contribution in [0.25, 0.3) is 22.5 Å². The Bertz CT molecular complexity index is 1550. The van der Waals surface area contributed by atoms with Crippen LogP contribution in [0.5, 0.6) is 5.75 Å². The van der Waals surface area contributed by atoms with E-state index in [0.29, 0.717) is 28.4 Å². The summed E-state index contributed by atoms with van der Waals surface area (Å²) in [6.45, 7) is 7.80. The average Bonchev–Trinajstić information content (AvgIpc) is 3.41. The number of carbonyl (C=O) groups is 1. The van der Waals surface area contributed by atoms with Crippen molar-refractivity contribution in [3.8, 4) is 17.3 Å². The fourth-order valence-electron chi connectivity index (χ4n) is 4.00. The van der Waals surface area contributed by atoms with E-state index in [1.807, 2.05) is 57.2 Å². The van der Waals surface area contributed by atoms with Crippen molar-refractivity contribution in [1.29, 1.82) is 0 Å². The molecule has 9 heteroatoms. The highest BCUT2D eigenvalue weighted by Crippen LogP contribution is 2.25. The van der Waals surface area contributed by atoms with Crippen LogP contribution in [0.4, 0.5) is 5.82 Å². The zero-order valence-electron chi connectivity index (χ0n) is 20.0. The Kier molecular flexibility index (Phi) is 5.74. The first-order valence-corrected chi connectivity index (χ1v) is 11.2.